The molecule has 3 rings (SSSR count). The van der Waals surface area contributed by atoms with Gasteiger partial charge in [-0.1, -0.05) is 23.4 Å². The largest absolute Gasteiger partial charge is 0.490 e. The molecule has 3 heterocycles. The predicted octanol–water partition coefficient (Wildman–Crippen LogP) is 0.349. The summed E-state index contributed by atoms with van der Waals surface area (Å²) in [5, 5.41) is 10.9. The van der Waals surface area contributed by atoms with Gasteiger partial charge >= 0.3 is 23.5 Å². The first-order valence-corrected chi connectivity index (χ1v) is 14.2. The number of imidazole rings is 1. The third-order valence-corrected chi connectivity index (χ3v) is 8.93. The van der Waals surface area contributed by atoms with Gasteiger partial charge in [0.15, 0.2) is 16.7 Å². The normalized spacial score (nSPS) is 28.7. The fourth-order valence-corrected chi connectivity index (χ4v) is 6.78. The Balaban J connectivity index is 1.91. The number of hydrogen-bond donors (Lipinski definition) is 6. The van der Waals surface area contributed by atoms with E-state index in [9.17, 15) is 33.0 Å². The molecule has 0 saturated carbocycles. The smallest absolute Gasteiger partial charge is 0.387 e. The number of fused-ring (bicyclic) bond motifs is 1. The average molecular weight is 596 g/mol. The topological polar surface area (TPSA) is 259 Å². The number of nitrogens with zero attached hydrogens (tertiary/aromatic N) is 4. The zero-order chi connectivity index (χ0) is 27.1. The van der Waals surface area contributed by atoms with Crippen LogP contribution in [0.25, 0.3) is 11.2 Å². The van der Waals surface area contributed by atoms with Gasteiger partial charge in [-0.25, -0.2) is 28.1 Å². The number of aliphatic hydroxyl groups is 1. The Morgan fingerprint density at radius 1 is 1.28 bits per heavy atom. The molecule has 0 spiro atoms. The molecule has 0 radical (unpaired) electrons. The average Bonchev–Trinajstić information content (AvgIpc) is 3.22. The molecule has 7 atom stereocenters. The van der Waals surface area contributed by atoms with Gasteiger partial charge in [-0.3, -0.25) is 9.09 Å². The van der Waals surface area contributed by atoms with E-state index in [1.165, 1.54) is 17.1 Å². The zero-order valence-electron chi connectivity index (χ0n) is 17.7. The maximum atomic E-state index is 12.8. The first-order valence-electron chi connectivity index (χ1n) is 9.34. The summed E-state index contributed by atoms with van der Waals surface area (Å²) in [7, 11) is -17.0. The number of halogens is 2. The quantitative estimate of drug-likeness (QED) is 0.137. The molecule has 0 bridgehead atoms. The van der Waals surface area contributed by atoms with Gasteiger partial charge in [0.05, 0.1) is 18.6 Å². The monoisotopic (exact) mass is 595 g/mol. The van der Waals surface area contributed by atoms with Crippen LogP contribution in [0.5, 0.6) is 0 Å². The third-order valence-electron chi connectivity index (χ3n) is 4.50. The minimum Gasteiger partial charge on any atom is -0.387 e. The van der Waals surface area contributed by atoms with Gasteiger partial charge in [-0.15, -0.1) is 0 Å². The van der Waals surface area contributed by atoms with E-state index in [2.05, 4.69) is 35.4 Å². The first-order chi connectivity index (χ1) is 16.5. The molecule has 1 aliphatic rings. The zero-order valence-corrected chi connectivity index (χ0v) is 21.2. The van der Waals surface area contributed by atoms with Crippen molar-refractivity contribution in [3.63, 3.8) is 0 Å². The maximum Gasteiger partial charge on any atom is 0.490 e. The number of nitrogen functional groups attached to an aromatic ring is 1. The highest BCUT2D eigenvalue weighted by molar-refractivity contribution is 7.66. The lowest BCUT2D eigenvalue weighted by molar-refractivity contribution is -0.0728. The molecule has 22 heteroatoms. The van der Waals surface area contributed by atoms with Crippen LogP contribution in [0.2, 0.25) is 0 Å². The van der Waals surface area contributed by atoms with Crippen LogP contribution in [-0.2, 0) is 31.6 Å². The minimum atomic E-state index is -5.80. The minimum absolute atomic E-state index is 0.0768. The number of aromatic nitrogens is 4. The van der Waals surface area contributed by atoms with Crippen LogP contribution >= 0.6 is 35.1 Å². The molecule has 200 valence electrons. The van der Waals surface area contributed by atoms with Crippen LogP contribution < -0.4 is 5.73 Å². The highest BCUT2D eigenvalue weighted by Crippen LogP contribution is 2.66. The van der Waals surface area contributed by atoms with E-state index in [1.807, 2.05) is 0 Å². The van der Waals surface area contributed by atoms with E-state index in [1.54, 1.807) is 0 Å². The Hall–Kier alpha value is -1.54. The SMILES string of the molecule is C[C@@H](OP(=O)(O)OP(=O)(O)OP(=O)(O)O)[C@H]1O[C@@H](n2cnc3cnc(N)nc32)C(Cl)(C#CCF)[C@H]1O. The molecule has 0 aromatic carbocycles. The van der Waals surface area contributed by atoms with Crippen LogP contribution in [-0.4, -0.2) is 74.1 Å². The van der Waals surface area contributed by atoms with Crippen molar-refractivity contribution >= 4 is 52.2 Å². The Kier molecular flexibility index (Phi) is 8.32. The van der Waals surface area contributed by atoms with E-state index in [4.69, 9.17) is 36.4 Å². The van der Waals surface area contributed by atoms with Crippen molar-refractivity contribution in [3.05, 3.63) is 12.5 Å². The van der Waals surface area contributed by atoms with Gasteiger partial charge in [-0.2, -0.15) is 13.6 Å². The molecular weight excluding hydrogens is 578 g/mol. The Labute approximate surface area is 205 Å². The summed E-state index contributed by atoms with van der Waals surface area (Å²) in [6, 6.07) is 0. The van der Waals surface area contributed by atoms with E-state index in [0.29, 0.717) is 0 Å². The second-order valence-electron chi connectivity index (χ2n) is 7.09. The fourth-order valence-electron chi connectivity index (χ4n) is 3.23. The number of nitrogens with two attached hydrogens (primary N) is 1. The van der Waals surface area contributed by atoms with E-state index in [-0.39, 0.29) is 17.1 Å². The van der Waals surface area contributed by atoms with Gasteiger partial charge in [0.1, 0.15) is 24.4 Å². The molecular formula is C14H18ClFN5O12P3. The molecule has 1 saturated heterocycles. The van der Waals surface area contributed by atoms with E-state index in [0.717, 1.165) is 6.92 Å². The molecule has 0 aliphatic carbocycles. The van der Waals surface area contributed by atoms with Gasteiger partial charge in [0.2, 0.25) is 5.95 Å². The number of hydrogen-bond acceptors (Lipinski definition) is 12. The van der Waals surface area contributed by atoms with Gasteiger partial charge in [0, 0.05) is 0 Å². The third kappa shape index (κ3) is 6.47. The lowest BCUT2D eigenvalue weighted by Gasteiger charge is -2.26. The van der Waals surface area contributed by atoms with Crippen LogP contribution in [0, 0.1) is 11.8 Å². The number of rotatable bonds is 8. The summed E-state index contributed by atoms with van der Waals surface area (Å²) >= 11 is 6.54. The molecule has 36 heavy (non-hydrogen) atoms. The lowest BCUT2D eigenvalue weighted by atomic mass is 9.96. The van der Waals surface area contributed by atoms with Crippen LogP contribution in [0.4, 0.5) is 10.3 Å². The van der Waals surface area contributed by atoms with Crippen LogP contribution in [0.15, 0.2) is 12.5 Å². The van der Waals surface area contributed by atoms with Gasteiger partial charge < -0.3 is 35.2 Å². The summed E-state index contributed by atoms with van der Waals surface area (Å²) in [5.74, 6) is 4.23. The Morgan fingerprint density at radius 3 is 2.56 bits per heavy atom. The molecule has 17 nitrogen and oxygen atoms in total. The first kappa shape index (κ1) is 29.0. The Bertz CT molecular complexity index is 1350. The highest BCUT2D eigenvalue weighted by Gasteiger charge is 2.58. The molecule has 1 aliphatic heterocycles. The summed E-state index contributed by atoms with van der Waals surface area (Å²) in [5.41, 5.74) is 5.90. The summed E-state index contributed by atoms with van der Waals surface area (Å²) in [6.07, 6.45) is -4.16. The van der Waals surface area contributed by atoms with E-state index >= 15 is 0 Å². The number of anilines is 1. The maximum absolute atomic E-state index is 12.8. The van der Waals surface area contributed by atoms with Gasteiger partial charge in [0.25, 0.3) is 0 Å². The molecule has 7 N–H and O–H groups in total. The molecule has 2 aromatic heterocycles. The summed E-state index contributed by atoms with van der Waals surface area (Å²) in [6.45, 7) is -0.101. The van der Waals surface area contributed by atoms with Crippen LogP contribution in [0.3, 0.4) is 0 Å². The van der Waals surface area contributed by atoms with E-state index < -0.39 is 59.6 Å². The lowest BCUT2D eigenvalue weighted by Crippen LogP contribution is -2.43. The number of phosphoric ester groups is 1. The van der Waals surface area contributed by atoms with Crippen molar-refractivity contribution in [3.8, 4) is 11.8 Å². The molecule has 0 amide bonds. The fraction of sp³-hybridized carbons (Fsp3) is 0.500. The second kappa shape index (κ2) is 10.3. The van der Waals surface area contributed by atoms with Crippen molar-refractivity contribution in [1.29, 1.82) is 0 Å². The second-order valence-corrected chi connectivity index (χ2v) is 12.1. The van der Waals surface area contributed by atoms with Crippen molar-refractivity contribution in [2.45, 2.75) is 36.3 Å². The van der Waals surface area contributed by atoms with Crippen molar-refractivity contribution in [2.75, 3.05) is 12.4 Å². The van der Waals surface area contributed by atoms with Crippen molar-refractivity contribution < 1.29 is 60.6 Å². The molecule has 2 aromatic rings. The van der Waals surface area contributed by atoms with Crippen LogP contribution in [0.1, 0.15) is 13.2 Å². The predicted molar refractivity (Wildman–Crippen MR) is 116 cm³/mol. The number of phosphoric acid groups is 3. The number of ether oxygens (including phenoxy) is 1. The van der Waals surface area contributed by atoms with Gasteiger partial charge in [-0.05, 0) is 6.92 Å². The van der Waals surface area contributed by atoms with Crippen molar-refractivity contribution in [2.24, 2.45) is 0 Å². The number of aliphatic hydroxyl groups excluding tert-OH is 1. The molecule has 3 unspecified atom stereocenters. The standard InChI is InChI=1S/C14H18ClFN5O12P3/c1-7(31-35(26,27)33-36(28,29)32-34(23,24)25)9-10(22)14(15,3-2-4-16)12(30-9)21-6-19-8-5-18-13(17)20-11(8)21/h5-7,9-10,12,22H,4H2,1H3,(H,26,27)(H,28,29)(H2,17,18,20)(H2,23,24,25)/t7-,9-,10+,12-,14?/m1/s1. The van der Waals surface area contributed by atoms with Crippen molar-refractivity contribution in [1.82, 2.24) is 19.5 Å². The number of alkyl halides is 2. The summed E-state index contributed by atoms with van der Waals surface area (Å²) in [4.78, 5) is 46.0. The molecule has 1 fully saturated rings. The Morgan fingerprint density at radius 2 is 1.94 bits per heavy atom. The summed E-state index contributed by atoms with van der Waals surface area (Å²) < 4.78 is 66.3. The highest BCUT2D eigenvalue weighted by atomic mass is 35.5.